The molecule has 1 N–H and O–H groups in total. The predicted molar refractivity (Wildman–Crippen MR) is 48.0 cm³/mol. The van der Waals surface area contributed by atoms with Crippen LogP contribution in [0.25, 0.3) is 10.9 Å². The lowest BCUT2D eigenvalue weighted by Crippen LogP contribution is -2.08. The van der Waals surface area contributed by atoms with Crippen LogP contribution in [-0.2, 0) is 6.18 Å². The summed E-state index contributed by atoms with van der Waals surface area (Å²) >= 11 is 0. The van der Waals surface area contributed by atoms with Crippen molar-refractivity contribution in [3.8, 4) is 0 Å². The van der Waals surface area contributed by atoms with Gasteiger partial charge in [0.15, 0.2) is 0 Å². The van der Waals surface area contributed by atoms with Crippen molar-refractivity contribution in [1.82, 2.24) is 4.98 Å². The number of fused-ring (bicyclic) bond motifs is 1. The molecule has 0 amide bonds. The van der Waals surface area contributed by atoms with Crippen LogP contribution in [0.15, 0.2) is 18.3 Å². The molecule has 1 heterocycles. The van der Waals surface area contributed by atoms with Crippen molar-refractivity contribution in [3.05, 3.63) is 35.3 Å². The topological polar surface area (TPSA) is 15.8 Å². The van der Waals surface area contributed by atoms with Gasteiger partial charge >= 0.3 is 6.18 Å². The SMILES string of the molecule is Cc1c[nH]c2ccc(C(F)(F)F)c(F)c12. The van der Waals surface area contributed by atoms with Crippen molar-refractivity contribution < 1.29 is 17.6 Å². The molecule has 15 heavy (non-hydrogen) atoms. The van der Waals surface area contributed by atoms with Crippen LogP contribution in [0.3, 0.4) is 0 Å². The Morgan fingerprint density at radius 2 is 1.87 bits per heavy atom. The van der Waals surface area contributed by atoms with Gasteiger partial charge < -0.3 is 4.98 Å². The summed E-state index contributed by atoms with van der Waals surface area (Å²) in [5, 5.41) is 0.00447. The van der Waals surface area contributed by atoms with Gasteiger partial charge in [0.1, 0.15) is 5.82 Å². The van der Waals surface area contributed by atoms with Crippen molar-refractivity contribution in [1.29, 1.82) is 0 Å². The standard InChI is InChI=1S/C10H7F4N/c1-5-4-15-7-3-2-6(10(12,13)14)9(11)8(5)7/h2-4,15H,1H3. The summed E-state index contributed by atoms with van der Waals surface area (Å²) < 4.78 is 50.6. The van der Waals surface area contributed by atoms with Gasteiger partial charge in [0.25, 0.3) is 0 Å². The lowest BCUT2D eigenvalue weighted by Gasteiger charge is -2.08. The fourth-order valence-corrected chi connectivity index (χ4v) is 1.56. The third-order valence-electron chi connectivity index (χ3n) is 2.29. The second kappa shape index (κ2) is 2.98. The molecule has 0 spiro atoms. The quantitative estimate of drug-likeness (QED) is 0.648. The highest BCUT2D eigenvalue weighted by Crippen LogP contribution is 2.35. The van der Waals surface area contributed by atoms with Crippen LogP contribution in [0.5, 0.6) is 0 Å². The molecule has 80 valence electrons. The molecule has 1 aromatic heterocycles. The molecule has 0 saturated heterocycles. The number of benzene rings is 1. The molecule has 0 aliphatic heterocycles. The number of rotatable bonds is 0. The van der Waals surface area contributed by atoms with Gasteiger partial charge in [0, 0.05) is 17.1 Å². The van der Waals surface area contributed by atoms with E-state index >= 15 is 0 Å². The average molecular weight is 217 g/mol. The number of aromatic nitrogens is 1. The minimum atomic E-state index is -4.65. The van der Waals surface area contributed by atoms with Crippen molar-refractivity contribution in [2.75, 3.05) is 0 Å². The van der Waals surface area contributed by atoms with E-state index in [0.29, 0.717) is 11.1 Å². The maximum absolute atomic E-state index is 13.5. The predicted octanol–water partition coefficient (Wildman–Crippen LogP) is 3.63. The molecule has 0 bridgehead atoms. The molecule has 0 atom stereocenters. The molecule has 1 nitrogen and oxygen atoms in total. The normalized spacial score (nSPS) is 12.3. The van der Waals surface area contributed by atoms with Crippen LogP contribution in [0.2, 0.25) is 0 Å². The Labute approximate surface area is 82.7 Å². The van der Waals surface area contributed by atoms with Crippen molar-refractivity contribution >= 4 is 10.9 Å². The first-order valence-electron chi connectivity index (χ1n) is 4.24. The lowest BCUT2D eigenvalue weighted by atomic mass is 10.1. The van der Waals surface area contributed by atoms with E-state index in [1.807, 2.05) is 0 Å². The summed E-state index contributed by atoms with van der Waals surface area (Å²) in [7, 11) is 0. The third-order valence-corrected chi connectivity index (χ3v) is 2.29. The summed E-state index contributed by atoms with van der Waals surface area (Å²) in [6, 6.07) is 1.97. The van der Waals surface area contributed by atoms with E-state index in [0.717, 1.165) is 6.07 Å². The monoisotopic (exact) mass is 217 g/mol. The number of aromatic amines is 1. The molecule has 2 rings (SSSR count). The van der Waals surface area contributed by atoms with Gasteiger partial charge in [0.2, 0.25) is 0 Å². The van der Waals surface area contributed by atoms with E-state index < -0.39 is 17.6 Å². The van der Waals surface area contributed by atoms with Gasteiger partial charge in [-0.05, 0) is 24.6 Å². The minimum Gasteiger partial charge on any atom is -0.361 e. The zero-order valence-corrected chi connectivity index (χ0v) is 7.74. The van der Waals surface area contributed by atoms with Gasteiger partial charge in [-0.25, -0.2) is 4.39 Å². The van der Waals surface area contributed by atoms with Crippen LogP contribution in [-0.4, -0.2) is 4.98 Å². The third kappa shape index (κ3) is 1.48. The molecule has 1 aromatic carbocycles. The number of hydrogen-bond acceptors (Lipinski definition) is 0. The van der Waals surface area contributed by atoms with Gasteiger partial charge in [0.05, 0.1) is 5.56 Å². The Morgan fingerprint density at radius 1 is 1.20 bits per heavy atom. The van der Waals surface area contributed by atoms with E-state index in [4.69, 9.17) is 0 Å². The van der Waals surface area contributed by atoms with E-state index in [1.54, 1.807) is 6.92 Å². The van der Waals surface area contributed by atoms with Gasteiger partial charge in [-0.15, -0.1) is 0 Å². The van der Waals surface area contributed by atoms with Crippen molar-refractivity contribution in [3.63, 3.8) is 0 Å². The zero-order chi connectivity index (χ0) is 11.2. The van der Waals surface area contributed by atoms with E-state index in [9.17, 15) is 17.6 Å². The Bertz CT molecular complexity index is 510. The van der Waals surface area contributed by atoms with Crippen molar-refractivity contribution in [2.45, 2.75) is 13.1 Å². The Balaban J connectivity index is 2.80. The number of nitrogens with one attached hydrogen (secondary N) is 1. The Morgan fingerprint density at radius 3 is 2.47 bits per heavy atom. The Hall–Kier alpha value is -1.52. The number of aryl methyl sites for hydroxylation is 1. The highest BCUT2D eigenvalue weighted by molar-refractivity contribution is 5.84. The zero-order valence-electron chi connectivity index (χ0n) is 7.74. The largest absolute Gasteiger partial charge is 0.419 e. The smallest absolute Gasteiger partial charge is 0.361 e. The van der Waals surface area contributed by atoms with E-state index in [2.05, 4.69) is 4.98 Å². The first-order chi connectivity index (χ1) is 6.91. The molecule has 0 saturated carbocycles. The van der Waals surface area contributed by atoms with Gasteiger partial charge in [-0.1, -0.05) is 0 Å². The number of H-pyrrole nitrogens is 1. The van der Waals surface area contributed by atoms with Crippen LogP contribution >= 0.6 is 0 Å². The van der Waals surface area contributed by atoms with Crippen LogP contribution in [0.1, 0.15) is 11.1 Å². The second-order valence-electron chi connectivity index (χ2n) is 3.32. The number of halogens is 4. The fraction of sp³-hybridized carbons (Fsp3) is 0.200. The first-order valence-corrected chi connectivity index (χ1v) is 4.24. The average Bonchev–Trinajstić information content (AvgIpc) is 2.46. The summed E-state index contributed by atoms with van der Waals surface area (Å²) in [5.74, 6) is -1.21. The van der Waals surface area contributed by atoms with Gasteiger partial charge in [-0.2, -0.15) is 13.2 Å². The summed E-state index contributed by atoms with van der Waals surface area (Å²) in [6.45, 7) is 1.56. The molecule has 0 aliphatic carbocycles. The molecule has 2 aromatic rings. The number of alkyl halides is 3. The summed E-state index contributed by atoms with van der Waals surface area (Å²) in [4.78, 5) is 2.70. The first kappa shape index (κ1) is 10.0. The van der Waals surface area contributed by atoms with E-state index in [-0.39, 0.29) is 5.39 Å². The Kier molecular flexibility index (Phi) is 1.99. The van der Waals surface area contributed by atoms with Crippen molar-refractivity contribution in [2.24, 2.45) is 0 Å². The maximum atomic E-state index is 13.5. The number of hydrogen-bond donors (Lipinski definition) is 1. The van der Waals surface area contributed by atoms with E-state index in [1.165, 1.54) is 12.3 Å². The lowest BCUT2D eigenvalue weighted by molar-refractivity contribution is -0.139. The molecule has 0 radical (unpaired) electrons. The summed E-state index contributed by atoms with van der Waals surface area (Å²) in [5.41, 5.74) is -0.385. The van der Waals surface area contributed by atoms with Crippen LogP contribution in [0, 0.1) is 12.7 Å². The maximum Gasteiger partial charge on any atom is 0.419 e. The molecule has 0 aliphatic rings. The van der Waals surface area contributed by atoms with Gasteiger partial charge in [-0.3, -0.25) is 0 Å². The molecule has 5 heteroatoms. The molecule has 0 fully saturated rings. The molecule has 0 unspecified atom stereocenters. The highest BCUT2D eigenvalue weighted by Gasteiger charge is 2.35. The highest BCUT2D eigenvalue weighted by atomic mass is 19.4. The van der Waals surface area contributed by atoms with Crippen LogP contribution < -0.4 is 0 Å². The molecular formula is C10H7F4N. The van der Waals surface area contributed by atoms with Crippen LogP contribution in [0.4, 0.5) is 17.6 Å². The fourth-order valence-electron chi connectivity index (χ4n) is 1.56. The molecular weight excluding hydrogens is 210 g/mol. The summed E-state index contributed by atoms with van der Waals surface area (Å²) in [6.07, 6.45) is -3.17. The minimum absolute atomic E-state index is 0.00447. The second-order valence-corrected chi connectivity index (χ2v) is 3.32.